The summed E-state index contributed by atoms with van der Waals surface area (Å²) in [5.74, 6) is -0.157. The lowest BCUT2D eigenvalue weighted by Crippen LogP contribution is -2.31. The van der Waals surface area contributed by atoms with E-state index in [1.165, 1.54) is 18.3 Å². The van der Waals surface area contributed by atoms with Crippen molar-refractivity contribution in [3.05, 3.63) is 29.8 Å². The number of azo groups is 1. The molecular formula is C20H30N5O3S+. The molecule has 0 aliphatic heterocycles. The minimum atomic E-state index is -0.157. The van der Waals surface area contributed by atoms with Crippen LogP contribution in [0.25, 0.3) is 0 Å². The maximum atomic E-state index is 11.7. The molecular weight excluding hydrogens is 390 g/mol. The Morgan fingerprint density at radius 2 is 1.86 bits per heavy atom. The predicted molar refractivity (Wildman–Crippen MR) is 116 cm³/mol. The molecule has 2 rings (SSSR count). The second kappa shape index (κ2) is 12.3. The molecule has 29 heavy (non-hydrogen) atoms. The van der Waals surface area contributed by atoms with Crippen molar-refractivity contribution in [3.63, 3.8) is 0 Å². The molecule has 1 aromatic heterocycles. The summed E-state index contributed by atoms with van der Waals surface area (Å²) in [7, 11) is 1.91. The number of aromatic nitrogens is 1. The normalized spacial score (nSPS) is 11.2. The highest BCUT2D eigenvalue weighted by Gasteiger charge is 2.14. The molecule has 1 amide bonds. The third-order valence-corrected chi connectivity index (χ3v) is 4.92. The Morgan fingerprint density at radius 3 is 2.41 bits per heavy atom. The van der Waals surface area contributed by atoms with Gasteiger partial charge in [0.15, 0.2) is 0 Å². The van der Waals surface area contributed by atoms with Crippen LogP contribution in [0.4, 0.5) is 22.2 Å². The van der Waals surface area contributed by atoms with Crippen LogP contribution in [0, 0.1) is 0 Å². The van der Waals surface area contributed by atoms with Crippen LogP contribution in [0.1, 0.15) is 20.8 Å². The number of anilines is 2. The van der Waals surface area contributed by atoms with E-state index in [4.69, 9.17) is 9.47 Å². The summed E-state index contributed by atoms with van der Waals surface area (Å²) in [6.45, 7) is 9.49. The fourth-order valence-electron chi connectivity index (χ4n) is 2.63. The van der Waals surface area contributed by atoms with Gasteiger partial charge in [-0.2, -0.15) is 0 Å². The van der Waals surface area contributed by atoms with E-state index in [-0.39, 0.29) is 5.91 Å². The van der Waals surface area contributed by atoms with Gasteiger partial charge in [-0.3, -0.25) is 4.79 Å². The van der Waals surface area contributed by atoms with E-state index in [2.05, 4.69) is 20.4 Å². The molecule has 1 N–H and O–H groups in total. The molecule has 158 valence electrons. The summed E-state index contributed by atoms with van der Waals surface area (Å²) in [5, 5.41) is 14.2. The van der Waals surface area contributed by atoms with Crippen molar-refractivity contribution < 1.29 is 18.8 Å². The number of nitrogens with zero attached hydrogens (tertiary/aromatic N) is 4. The number of aryl methyl sites for hydroxylation is 1. The van der Waals surface area contributed by atoms with Crippen LogP contribution >= 0.6 is 11.3 Å². The summed E-state index contributed by atoms with van der Waals surface area (Å²) in [6, 6.07) is 5.76. The number of nitrogens with one attached hydrogen (secondary N) is 1. The molecule has 0 radical (unpaired) electrons. The molecule has 0 aliphatic carbocycles. The zero-order chi connectivity index (χ0) is 21.1. The first-order valence-corrected chi connectivity index (χ1v) is 10.6. The van der Waals surface area contributed by atoms with E-state index in [1.54, 1.807) is 0 Å². The van der Waals surface area contributed by atoms with Gasteiger partial charge in [-0.05, 0) is 48.5 Å². The second-order valence-corrected chi connectivity index (χ2v) is 7.13. The van der Waals surface area contributed by atoms with Gasteiger partial charge in [-0.1, -0.05) is 0 Å². The Labute approximate surface area is 176 Å². The molecule has 2 aromatic rings. The van der Waals surface area contributed by atoms with Crippen LogP contribution < -0.4 is 14.8 Å². The van der Waals surface area contributed by atoms with E-state index < -0.39 is 0 Å². The van der Waals surface area contributed by atoms with Crippen molar-refractivity contribution in [2.24, 2.45) is 17.3 Å². The van der Waals surface area contributed by atoms with Gasteiger partial charge in [-0.15, -0.1) is 0 Å². The Hall–Kier alpha value is -2.36. The van der Waals surface area contributed by atoms with Crippen LogP contribution in [0.2, 0.25) is 0 Å². The zero-order valence-corrected chi connectivity index (χ0v) is 18.4. The number of hydrogen-bond donors (Lipinski definition) is 1. The number of rotatable bonds is 12. The minimum absolute atomic E-state index is 0.157. The number of ether oxygens (including phenoxy) is 2. The van der Waals surface area contributed by atoms with E-state index in [0.29, 0.717) is 37.8 Å². The topological polar surface area (TPSA) is 79.4 Å². The molecule has 0 saturated carbocycles. The summed E-state index contributed by atoms with van der Waals surface area (Å²) in [5.41, 5.74) is 2.19. The molecule has 1 aromatic carbocycles. The van der Waals surface area contributed by atoms with Crippen LogP contribution in [0.5, 0.6) is 0 Å². The number of carbonyl (C=O) groups excluding carboxylic acids is 1. The molecule has 8 nitrogen and oxygen atoms in total. The SMILES string of the molecule is CCOCCN(CCOCC)c1ccc(N=Nc2scc[n+]2C)c(NC(C)=O)c1. The third-order valence-electron chi connectivity index (χ3n) is 4.08. The molecule has 0 spiro atoms. The van der Waals surface area contributed by atoms with Crippen molar-refractivity contribution >= 4 is 39.4 Å². The van der Waals surface area contributed by atoms with Crippen LogP contribution in [-0.2, 0) is 21.3 Å². The monoisotopic (exact) mass is 420 g/mol. The Bertz CT molecular complexity index is 799. The lowest BCUT2D eigenvalue weighted by Gasteiger charge is -2.25. The van der Waals surface area contributed by atoms with E-state index in [0.717, 1.165) is 23.9 Å². The third kappa shape index (κ3) is 7.52. The first-order valence-electron chi connectivity index (χ1n) is 9.72. The van der Waals surface area contributed by atoms with E-state index in [9.17, 15) is 4.79 Å². The second-order valence-electron chi connectivity index (χ2n) is 6.26. The van der Waals surface area contributed by atoms with Gasteiger partial charge in [0.05, 0.1) is 31.1 Å². The highest BCUT2D eigenvalue weighted by Crippen LogP contribution is 2.31. The highest BCUT2D eigenvalue weighted by molar-refractivity contribution is 7.12. The number of benzene rings is 1. The van der Waals surface area contributed by atoms with Crippen molar-refractivity contribution in [1.82, 2.24) is 0 Å². The highest BCUT2D eigenvalue weighted by atomic mass is 32.1. The van der Waals surface area contributed by atoms with Gasteiger partial charge in [0, 0.05) is 44.3 Å². The minimum Gasteiger partial charge on any atom is -0.380 e. The molecule has 0 unspecified atom stereocenters. The van der Waals surface area contributed by atoms with Crippen molar-refractivity contribution in [1.29, 1.82) is 0 Å². The number of hydrogen-bond acceptors (Lipinski definition) is 7. The van der Waals surface area contributed by atoms with Crippen molar-refractivity contribution in [3.8, 4) is 0 Å². The van der Waals surface area contributed by atoms with Gasteiger partial charge >= 0.3 is 5.13 Å². The smallest absolute Gasteiger partial charge is 0.380 e. The summed E-state index contributed by atoms with van der Waals surface area (Å²) < 4.78 is 12.9. The first kappa shape index (κ1) is 22.9. The van der Waals surface area contributed by atoms with E-state index in [1.807, 2.05) is 55.2 Å². The molecule has 0 bridgehead atoms. The summed E-state index contributed by atoms with van der Waals surface area (Å²) in [4.78, 5) is 13.9. The molecule has 0 atom stereocenters. The lowest BCUT2D eigenvalue weighted by atomic mass is 10.2. The van der Waals surface area contributed by atoms with Gasteiger partial charge in [0.25, 0.3) is 0 Å². The van der Waals surface area contributed by atoms with Crippen LogP contribution in [-0.4, -0.2) is 45.4 Å². The number of carbonyl (C=O) groups is 1. The molecule has 9 heteroatoms. The molecule has 0 aliphatic rings. The van der Waals surface area contributed by atoms with Gasteiger partial charge in [0.1, 0.15) is 11.9 Å². The Kier molecular flexibility index (Phi) is 9.69. The number of thiazole rings is 1. The average Bonchev–Trinajstić information content (AvgIpc) is 3.10. The fraction of sp³-hybridized carbons (Fsp3) is 0.500. The van der Waals surface area contributed by atoms with Gasteiger partial charge < -0.3 is 19.7 Å². The van der Waals surface area contributed by atoms with Gasteiger partial charge in [0.2, 0.25) is 5.91 Å². The molecule has 0 fully saturated rings. The molecule has 1 heterocycles. The van der Waals surface area contributed by atoms with Crippen LogP contribution in [0.15, 0.2) is 40.0 Å². The van der Waals surface area contributed by atoms with Crippen molar-refractivity contribution in [2.45, 2.75) is 20.8 Å². The van der Waals surface area contributed by atoms with Crippen molar-refractivity contribution in [2.75, 3.05) is 49.7 Å². The largest absolute Gasteiger partial charge is 0.408 e. The maximum absolute atomic E-state index is 11.7. The Morgan fingerprint density at radius 1 is 1.17 bits per heavy atom. The fourth-order valence-corrected chi connectivity index (χ4v) is 3.31. The maximum Gasteiger partial charge on any atom is 0.408 e. The number of amides is 1. The lowest BCUT2D eigenvalue weighted by molar-refractivity contribution is -0.654. The standard InChI is InChI=1S/C20H29N5O3S/c1-5-27-12-9-25(10-13-28-6-2)17-7-8-18(19(15-17)21-16(3)26)22-23-20-24(4)11-14-29-20/h7-8,11,14-15H,5-6,9-10,12-13H2,1-4H3/p+1. The summed E-state index contributed by atoms with van der Waals surface area (Å²) in [6.07, 6.45) is 1.92. The average molecular weight is 421 g/mol. The van der Waals surface area contributed by atoms with Crippen LogP contribution in [0.3, 0.4) is 0 Å². The Balaban J connectivity index is 2.26. The molecule has 0 saturated heterocycles. The summed E-state index contributed by atoms with van der Waals surface area (Å²) >= 11 is 1.50. The quantitative estimate of drug-likeness (QED) is 0.322. The first-order chi connectivity index (χ1) is 14.0. The van der Waals surface area contributed by atoms with Gasteiger partial charge in [-0.25, -0.2) is 4.57 Å². The zero-order valence-electron chi connectivity index (χ0n) is 17.6. The van der Waals surface area contributed by atoms with E-state index >= 15 is 0 Å². The predicted octanol–water partition coefficient (Wildman–Crippen LogP) is 3.83.